The van der Waals surface area contributed by atoms with Gasteiger partial charge in [0.1, 0.15) is 0 Å². The van der Waals surface area contributed by atoms with Gasteiger partial charge in [-0.1, -0.05) is 6.08 Å². The van der Waals surface area contributed by atoms with Crippen LogP contribution in [0.1, 0.15) is 6.92 Å². The number of rotatable bonds is 3. The van der Waals surface area contributed by atoms with Crippen LogP contribution < -0.4 is 56.5 Å². The zero-order chi connectivity index (χ0) is 8.69. The minimum Gasteiger partial charge on any atom is -0.841 e. The fraction of sp³-hybridized carbons (Fsp3) is 0.429. The molecule has 0 aliphatic carbocycles. The molecule has 0 bridgehead atoms. The van der Waals surface area contributed by atoms with Gasteiger partial charge >= 0.3 is 51.4 Å². The van der Waals surface area contributed by atoms with Gasteiger partial charge in [0.25, 0.3) is 5.97 Å². The maximum absolute atomic E-state index is 10.7. The molecule has 0 aliphatic heterocycles. The molecule has 0 aromatic heterocycles. The van der Waals surface area contributed by atoms with Crippen molar-refractivity contribution >= 4 is 5.97 Å². The first-order chi connectivity index (χ1) is 5.22. The van der Waals surface area contributed by atoms with E-state index in [2.05, 4.69) is 4.74 Å². The van der Waals surface area contributed by atoms with Gasteiger partial charge in [0.05, 0.1) is 12.7 Å². The number of ether oxygens (including phenoxy) is 1. The minimum absolute atomic E-state index is 0. The largest absolute Gasteiger partial charge is 1.00 e. The molecular weight excluding hydrogens is 185 g/mol. The molecule has 0 N–H and O–H groups in total. The predicted octanol–water partition coefficient (Wildman–Crippen LogP) is -3.64. The summed E-state index contributed by atoms with van der Waals surface area (Å²) in [4.78, 5) is 10.6. The van der Waals surface area contributed by atoms with Crippen LogP contribution >= 0.6 is 0 Å². The second-order valence-corrected chi connectivity index (χ2v) is 1.66. The molecule has 0 aromatic carbocycles. The monoisotopic (exact) mass is 193 g/mol. The first-order valence-electron chi connectivity index (χ1n) is 3.11. The Hall–Kier alpha value is 0.296. The van der Waals surface area contributed by atoms with Crippen LogP contribution in [-0.4, -0.2) is 18.7 Å². The molecule has 0 saturated carbocycles. The fourth-order valence-electron chi connectivity index (χ4n) is 0.433. The quantitative estimate of drug-likeness (QED) is 0.263. The molecule has 0 spiro atoms. The first kappa shape index (κ1) is 14.8. The van der Waals surface area contributed by atoms with Gasteiger partial charge in [0.15, 0.2) is 0 Å². The zero-order valence-corrected chi connectivity index (χ0v) is 10.2. The summed E-state index contributed by atoms with van der Waals surface area (Å²) in [6.45, 7) is 1.79. The van der Waals surface area contributed by atoms with Crippen LogP contribution in [0, 0.1) is 11.3 Å². The Morgan fingerprint density at radius 3 is 2.83 bits per heavy atom. The van der Waals surface area contributed by atoms with Crippen molar-refractivity contribution in [3.05, 3.63) is 12.2 Å². The van der Waals surface area contributed by atoms with Gasteiger partial charge in [-0.05, 0) is 13.0 Å². The summed E-state index contributed by atoms with van der Waals surface area (Å²) in [7, 11) is 0. The second-order valence-electron chi connectivity index (χ2n) is 1.66. The molecule has 4 nitrogen and oxygen atoms in total. The summed E-state index contributed by atoms with van der Waals surface area (Å²) < 4.78 is 4.39. The number of hydrogen-bond acceptors (Lipinski definition) is 4. The molecule has 0 heterocycles. The fourth-order valence-corrected chi connectivity index (χ4v) is 0.433. The predicted molar refractivity (Wildman–Crippen MR) is 35.2 cm³/mol. The smallest absolute Gasteiger partial charge is 0.841 e. The molecule has 60 valence electrons. The van der Waals surface area contributed by atoms with E-state index in [4.69, 9.17) is 5.26 Å². The number of carbonyl (C=O) groups is 1. The Morgan fingerprint density at radius 1 is 1.83 bits per heavy atom. The van der Waals surface area contributed by atoms with Crippen molar-refractivity contribution in [1.29, 1.82) is 5.26 Å². The van der Waals surface area contributed by atoms with Crippen molar-refractivity contribution in [3.63, 3.8) is 0 Å². The Bertz CT molecular complexity index is 197. The second kappa shape index (κ2) is 9.38. The Labute approximate surface area is 114 Å². The van der Waals surface area contributed by atoms with Gasteiger partial charge < -0.3 is 9.84 Å². The van der Waals surface area contributed by atoms with E-state index in [1.807, 2.05) is 0 Å². The van der Waals surface area contributed by atoms with Crippen LogP contribution in [0.4, 0.5) is 0 Å². The third-order valence-electron chi connectivity index (χ3n) is 0.864. The summed E-state index contributed by atoms with van der Waals surface area (Å²) in [6, 6.07) is 1.61. The Kier molecular flexibility index (Phi) is 11.6. The molecule has 0 aromatic rings. The summed E-state index contributed by atoms with van der Waals surface area (Å²) in [6.07, 6.45) is 0.349. The van der Waals surface area contributed by atoms with Gasteiger partial charge in [0.2, 0.25) is 0 Å². The first-order valence-corrected chi connectivity index (χ1v) is 3.11. The molecule has 12 heavy (non-hydrogen) atoms. The molecule has 0 radical (unpaired) electrons. The van der Waals surface area contributed by atoms with Gasteiger partial charge in [0, 0.05) is 6.08 Å². The van der Waals surface area contributed by atoms with Crippen molar-refractivity contribution in [1.82, 2.24) is 0 Å². The SMILES string of the molecule is CCOC(=O)C([O-])/C=C/C#N.[K+]. The van der Waals surface area contributed by atoms with Crippen LogP contribution in [0.15, 0.2) is 12.2 Å². The van der Waals surface area contributed by atoms with E-state index >= 15 is 0 Å². The summed E-state index contributed by atoms with van der Waals surface area (Å²) >= 11 is 0. The van der Waals surface area contributed by atoms with Crippen molar-refractivity contribution in [2.45, 2.75) is 13.0 Å². The van der Waals surface area contributed by atoms with E-state index < -0.39 is 12.1 Å². The van der Waals surface area contributed by atoms with Crippen LogP contribution in [0.3, 0.4) is 0 Å². The van der Waals surface area contributed by atoms with E-state index in [0.29, 0.717) is 0 Å². The molecule has 1 atom stereocenters. The molecule has 0 amide bonds. The van der Waals surface area contributed by atoms with Gasteiger partial charge in [-0.2, -0.15) is 5.26 Å². The zero-order valence-electron chi connectivity index (χ0n) is 7.11. The van der Waals surface area contributed by atoms with Crippen molar-refractivity contribution < 1.29 is 66.0 Å². The van der Waals surface area contributed by atoms with E-state index in [-0.39, 0.29) is 58.0 Å². The van der Waals surface area contributed by atoms with E-state index in [0.717, 1.165) is 12.2 Å². The van der Waals surface area contributed by atoms with Gasteiger partial charge in [-0.3, -0.25) is 4.79 Å². The van der Waals surface area contributed by atoms with Crippen LogP contribution in [0.2, 0.25) is 0 Å². The number of esters is 1. The normalized spacial score (nSPS) is 11.4. The van der Waals surface area contributed by atoms with Crippen molar-refractivity contribution in [3.8, 4) is 6.07 Å². The molecule has 5 heteroatoms. The molecule has 0 aliphatic rings. The summed E-state index contributed by atoms with van der Waals surface area (Å²) in [5, 5.41) is 18.7. The average molecular weight is 193 g/mol. The Morgan fingerprint density at radius 2 is 2.42 bits per heavy atom. The van der Waals surface area contributed by atoms with Crippen molar-refractivity contribution in [2.75, 3.05) is 6.61 Å². The summed E-state index contributed by atoms with van der Waals surface area (Å²) in [5.74, 6) is -0.848. The molecule has 0 fully saturated rings. The molecule has 0 saturated heterocycles. The standard InChI is InChI=1S/C7H8NO3.K/c1-2-11-7(10)6(9)4-3-5-8;/h3-4,6H,2H2,1H3;/q-1;+1/b4-3+;. The van der Waals surface area contributed by atoms with E-state index in [9.17, 15) is 9.90 Å². The van der Waals surface area contributed by atoms with Crippen LogP contribution in [0.25, 0.3) is 0 Å². The maximum atomic E-state index is 10.7. The molecular formula is C7H8KNO3. The topological polar surface area (TPSA) is 73.2 Å². The van der Waals surface area contributed by atoms with Crippen molar-refractivity contribution in [2.24, 2.45) is 0 Å². The maximum Gasteiger partial charge on any atom is 1.00 e. The van der Waals surface area contributed by atoms with E-state index in [1.165, 1.54) is 0 Å². The molecule has 0 rings (SSSR count). The van der Waals surface area contributed by atoms with Crippen LogP contribution in [-0.2, 0) is 9.53 Å². The number of nitrogens with zero attached hydrogens (tertiary/aromatic N) is 1. The Balaban J connectivity index is 0. The van der Waals surface area contributed by atoms with Crippen LogP contribution in [0.5, 0.6) is 0 Å². The third-order valence-corrected chi connectivity index (χ3v) is 0.864. The van der Waals surface area contributed by atoms with Gasteiger partial charge in [-0.15, -0.1) is 0 Å². The average Bonchev–Trinajstić information content (AvgIpc) is 2.00. The minimum atomic E-state index is -1.57. The van der Waals surface area contributed by atoms with Gasteiger partial charge in [-0.25, -0.2) is 0 Å². The summed E-state index contributed by atoms with van der Waals surface area (Å²) in [5.41, 5.74) is 0. The number of hydrogen-bond donors (Lipinski definition) is 0. The number of allylic oxidation sites excluding steroid dienone is 1. The number of carbonyl (C=O) groups excluding carboxylic acids is 1. The molecule has 1 unspecified atom stereocenters. The van der Waals surface area contributed by atoms with E-state index in [1.54, 1.807) is 13.0 Å². The third kappa shape index (κ3) is 6.97. The number of nitriles is 1.